The van der Waals surface area contributed by atoms with Gasteiger partial charge in [0.2, 0.25) is 5.91 Å². The molecule has 0 radical (unpaired) electrons. The molecule has 0 spiro atoms. The van der Waals surface area contributed by atoms with E-state index in [0.29, 0.717) is 31.2 Å². The lowest BCUT2D eigenvalue weighted by atomic mass is 9.81. The lowest BCUT2D eigenvalue weighted by Crippen LogP contribution is -2.77. The molecule has 2 fully saturated rings. The summed E-state index contributed by atoms with van der Waals surface area (Å²) >= 11 is 0. The van der Waals surface area contributed by atoms with E-state index in [1.54, 1.807) is 17.9 Å². The van der Waals surface area contributed by atoms with Crippen molar-refractivity contribution in [2.24, 2.45) is 0 Å². The highest BCUT2D eigenvalue weighted by Gasteiger charge is 2.67. The molecule has 0 bridgehead atoms. The first-order valence-electron chi connectivity index (χ1n) is 9.53. The third-order valence-corrected chi connectivity index (χ3v) is 5.65. The number of nitrogens with one attached hydrogen (secondary N) is 1. The van der Waals surface area contributed by atoms with E-state index < -0.39 is 11.1 Å². The van der Waals surface area contributed by atoms with Crippen LogP contribution in [-0.2, 0) is 16.1 Å². The van der Waals surface area contributed by atoms with Crippen LogP contribution < -0.4 is 5.32 Å². The highest BCUT2D eigenvalue weighted by atomic mass is 16.5. The average molecular weight is 383 g/mol. The fourth-order valence-electron chi connectivity index (χ4n) is 4.09. The maximum atomic E-state index is 12.6. The summed E-state index contributed by atoms with van der Waals surface area (Å²) in [4.78, 5) is 26.2. The Labute approximate surface area is 164 Å². The van der Waals surface area contributed by atoms with E-state index in [1.165, 1.54) is 12.5 Å². The number of rotatable bonds is 6. The number of benzene rings is 1. The number of carbonyl (C=O) groups is 2. The van der Waals surface area contributed by atoms with E-state index in [-0.39, 0.29) is 11.8 Å². The molecule has 2 aromatic rings. The Morgan fingerprint density at radius 3 is 2.57 bits per heavy atom. The third kappa shape index (κ3) is 3.30. The summed E-state index contributed by atoms with van der Waals surface area (Å²) < 4.78 is 11.3. The van der Waals surface area contributed by atoms with Gasteiger partial charge in [-0.3, -0.25) is 9.59 Å². The van der Waals surface area contributed by atoms with Crippen LogP contribution in [0.1, 0.15) is 47.1 Å². The summed E-state index contributed by atoms with van der Waals surface area (Å²) in [5.74, 6) is 0.291. The molecule has 1 aliphatic heterocycles. The summed E-state index contributed by atoms with van der Waals surface area (Å²) in [6, 6.07) is 9.83. The number of aromatic nitrogens is 1. The van der Waals surface area contributed by atoms with Gasteiger partial charge in [-0.2, -0.15) is 0 Å². The fourth-order valence-corrected chi connectivity index (χ4v) is 4.09. The minimum absolute atomic E-state index is 0.116. The first kappa shape index (κ1) is 18.7. The van der Waals surface area contributed by atoms with Gasteiger partial charge in [-0.1, -0.05) is 35.0 Å². The molecule has 0 unspecified atom stereocenters. The first-order chi connectivity index (χ1) is 13.3. The van der Waals surface area contributed by atoms with Crippen LogP contribution in [0.5, 0.6) is 0 Å². The second kappa shape index (κ2) is 6.74. The standard InChI is InChI=1S/C21H25N3O4/c1-14-5-4-6-17(9-14)11-27-21(7-8-21)20(22-16(3)25)12-24(13-20)19(26)18-10-15(2)28-23-18/h4-6,9-10H,7-8,11-13H2,1-3H3,(H,22,25). The highest BCUT2D eigenvalue weighted by molar-refractivity contribution is 5.93. The predicted molar refractivity (Wildman–Crippen MR) is 102 cm³/mol. The second-order valence-electron chi connectivity index (χ2n) is 8.02. The smallest absolute Gasteiger partial charge is 0.276 e. The summed E-state index contributed by atoms with van der Waals surface area (Å²) in [6.07, 6.45) is 1.73. The number of amides is 2. The maximum absolute atomic E-state index is 12.6. The molecule has 1 saturated heterocycles. The zero-order chi connectivity index (χ0) is 19.9. The minimum atomic E-state index is -0.558. The molecule has 2 aliphatic rings. The average Bonchev–Trinajstić information content (AvgIpc) is 3.29. The van der Waals surface area contributed by atoms with Crippen LogP contribution in [0.4, 0.5) is 0 Å². The van der Waals surface area contributed by atoms with E-state index in [4.69, 9.17) is 9.26 Å². The maximum Gasteiger partial charge on any atom is 0.276 e. The molecule has 2 heterocycles. The summed E-state index contributed by atoms with van der Waals surface area (Å²) in [5, 5.41) is 6.89. The monoisotopic (exact) mass is 383 g/mol. The van der Waals surface area contributed by atoms with Gasteiger partial charge < -0.3 is 19.5 Å². The highest BCUT2D eigenvalue weighted by Crippen LogP contribution is 2.52. The molecule has 1 aromatic heterocycles. The van der Waals surface area contributed by atoms with E-state index in [9.17, 15) is 9.59 Å². The molecule has 1 aromatic carbocycles. The summed E-state index contributed by atoms with van der Waals surface area (Å²) in [6.45, 7) is 6.61. The van der Waals surface area contributed by atoms with Crippen LogP contribution in [0.2, 0.25) is 0 Å². The van der Waals surface area contributed by atoms with Gasteiger partial charge in [-0.25, -0.2) is 0 Å². The molecule has 4 rings (SSSR count). The molecule has 28 heavy (non-hydrogen) atoms. The molecular weight excluding hydrogens is 358 g/mol. The molecule has 0 atom stereocenters. The van der Waals surface area contributed by atoms with Crippen LogP contribution in [0, 0.1) is 13.8 Å². The molecule has 7 nitrogen and oxygen atoms in total. The van der Waals surface area contributed by atoms with Gasteiger partial charge in [0, 0.05) is 26.1 Å². The van der Waals surface area contributed by atoms with E-state index >= 15 is 0 Å². The van der Waals surface area contributed by atoms with Gasteiger partial charge >= 0.3 is 0 Å². The normalized spacial score (nSPS) is 19.0. The Morgan fingerprint density at radius 2 is 2.00 bits per heavy atom. The van der Waals surface area contributed by atoms with Crippen molar-refractivity contribution >= 4 is 11.8 Å². The number of ether oxygens (including phenoxy) is 1. The van der Waals surface area contributed by atoms with Gasteiger partial charge in [0.1, 0.15) is 11.3 Å². The van der Waals surface area contributed by atoms with Gasteiger partial charge in [0.25, 0.3) is 5.91 Å². The Hall–Kier alpha value is -2.67. The zero-order valence-electron chi connectivity index (χ0n) is 16.4. The molecule has 1 saturated carbocycles. The first-order valence-corrected chi connectivity index (χ1v) is 9.53. The van der Waals surface area contributed by atoms with Crippen molar-refractivity contribution in [3.05, 3.63) is 52.9 Å². The Morgan fingerprint density at radius 1 is 1.25 bits per heavy atom. The van der Waals surface area contributed by atoms with Crippen LogP contribution in [0.3, 0.4) is 0 Å². The van der Waals surface area contributed by atoms with Crippen molar-refractivity contribution in [3.8, 4) is 0 Å². The molecule has 2 amide bonds. The quantitative estimate of drug-likeness (QED) is 0.828. The largest absolute Gasteiger partial charge is 0.368 e. The number of hydrogen-bond donors (Lipinski definition) is 1. The topological polar surface area (TPSA) is 84.7 Å². The van der Waals surface area contributed by atoms with Gasteiger partial charge in [-0.15, -0.1) is 0 Å². The van der Waals surface area contributed by atoms with E-state index in [0.717, 1.165) is 18.4 Å². The van der Waals surface area contributed by atoms with Gasteiger partial charge in [0.05, 0.1) is 12.2 Å². The van der Waals surface area contributed by atoms with E-state index in [2.05, 4.69) is 29.5 Å². The number of carbonyl (C=O) groups excluding carboxylic acids is 2. The predicted octanol–water partition coefficient (Wildman–Crippen LogP) is 2.37. The lowest BCUT2D eigenvalue weighted by molar-refractivity contribution is -0.135. The third-order valence-electron chi connectivity index (χ3n) is 5.65. The number of aryl methyl sites for hydroxylation is 2. The van der Waals surface area contributed by atoms with Crippen LogP contribution in [0.15, 0.2) is 34.9 Å². The molecule has 1 aliphatic carbocycles. The van der Waals surface area contributed by atoms with Crippen LogP contribution >= 0.6 is 0 Å². The van der Waals surface area contributed by atoms with Crippen LogP contribution in [-0.4, -0.2) is 46.1 Å². The number of likely N-dealkylation sites (tertiary alicyclic amines) is 1. The van der Waals surface area contributed by atoms with Crippen molar-refractivity contribution in [1.82, 2.24) is 15.4 Å². The Bertz CT molecular complexity index is 910. The summed E-state index contributed by atoms with van der Waals surface area (Å²) in [5.41, 5.74) is 1.59. The molecule has 1 N–H and O–H groups in total. The minimum Gasteiger partial charge on any atom is -0.368 e. The summed E-state index contributed by atoms with van der Waals surface area (Å²) in [7, 11) is 0. The van der Waals surface area contributed by atoms with Crippen molar-refractivity contribution in [1.29, 1.82) is 0 Å². The van der Waals surface area contributed by atoms with Crippen molar-refractivity contribution < 1.29 is 18.8 Å². The van der Waals surface area contributed by atoms with Gasteiger partial charge in [-0.05, 0) is 32.3 Å². The van der Waals surface area contributed by atoms with Crippen molar-refractivity contribution in [2.75, 3.05) is 13.1 Å². The molecule has 148 valence electrons. The number of nitrogens with zero attached hydrogens (tertiary/aromatic N) is 2. The fraction of sp³-hybridized carbons (Fsp3) is 0.476. The van der Waals surface area contributed by atoms with Crippen molar-refractivity contribution in [3.63, 3.8) is 0 Å². The molecular formula is C21H25N3O4. The van der Waals surface area contributed by atoms with Gasteiger partial charge in [0.15, 0.2) is 5.69 Å². The Balaban J connectivity index is 1.47. The van der Waals surface area contributed by atoms with Crippen LogP contribution in [0.25, 0.3) is 0 Å². The molecule has 7 heteroatoms. The van der Waals surface area contributed by atoms with E-state index in [1.807, 2.05) is 12.1 Å². The zero-order valence-corrected chi connectivity index (χ0v) is 16.4. The second-order valence-corrected chi connectivity index (χ2v) is 8.02. The lowest BCUT2D eigenvalue weighted by Gasteiger charge is -2.54. The Kier molecular flexibility index (Phi) is 4.50. The number of hydrogen-bond acceptors (Lipinski definition) is 5. The SMILES string of the molecule is CC(=O)NC1(C2(OCc3cccc(C)c3)CC2)CN(C(=O)c2cc(C)on2)C1. The van der Waals surface area contributed by atoms with Crippen molar-refractivity contribution in [2.45, 2.75) is 51.4 Å².